The van der Waals surface area contributed by atoms with Crippen LogP contribution in [-0.4, -0.2) is 34.4 Å². The largest absolute Gasteiger partial charge is 0.480 e. The maximum Gasteiger partial charge on any atom is 0.413 e. The predicted octanol–water partition coefficient (Wildman–Crippen LogP) is 0.609. The predicted molar refractivity (Wildman–Crippen MR) is 58.7 cm³/mol. The Morgan fingerprint density at radius 2 is 1.88 bits per heavy atom. The number of carbonyl (C=O) groups is 2. The van der Waals surface area contributed by atoms with E-state index in [1.54, 1.807) is 30.3 Å². The summed E-state index contributed by atoms with van der Waals surface area (Å²) in [5, 5.41) is 19.9. The second kappa shape index (κ2) is 5.86. The molecular formula is C11H13NO5. The Morgan fingerprint density at radius 1 is 1.29 bits per heavy atom. The molecule has 17 heavy (non-hydrogen) atoms. The Kier molecular flexibility index (Phi) is 4.47. The molecule has 1 amide bonds. The van der Waals surface area contributed by atoms with Gasteiger partial charge in [0, 0.05) is 0 Å². The summed E-state index contributed by atoms with van der Waals surface area (Å²) < 4.78 is 4.82. The summed E-state index contributed by atoms with van der Waals surface area (Å²) >= 11 is 0. The number of rotatable bonds is 4. The van der Waals surface area contributed by atoms with Crippen LogP contribution >= 0.6 is 0 Å². The lowest BCUT2D eigenvalue weighted by molar-refractivity contribution is -0.141. The van der Waals surface area contributed by atoms with E-state index in [-0.39, 0.29) is 0 Å². The van der Waals surface area contributed by atoms with Gasteiger partial charge < -0.3 is 20.3 Å². The number of carboxylic acid groups (broad SMARTS) is 1. The zero-order chi connectivity index (χ0) is 12.8. The van der Waals surface area contributed by atoms with Gasteiger partial charge in [0.1, 0.15) is 5.75 Å². The Morgan fingerprint density at radius 3 is 2.35 bits per heavy atom. The average Bonchev–Trinajstić information content (AvgIpc) is 2.26. The van der Waals surface area contributed by atoms with E-state index in [2.05, 4.69) is 5.32 Å². The van der Waals surface area contributed by atoms with Gasteiger partial charge in [0.05, 0.1) is 6.10 Å². The van der Waals surface area contributed by atoms with Gasteiger partial charge in [-0.1, -0.05) is 18.2 Å². The van der Waals surface area contributed by atoms with E-state index in [1.807, 2.05) is 0 Å². The molecule has 0 aliphatic heterocycles. The van der Waals surface area contributed by atoms with Crippen LogP contribution in [0.15, 0.2) is 30.3 Å². The third-order valence-electron chi connectivity index (χ3n) is 1.98. The Bertz CT molecular complexity index is 390. The minimum absolute atomic E-state index is 0.291. The number of aliphatic hydroxyl groups excluding tert-OH is 1. The second-order valence-electron chi connectivity index (χ2n) is 3.40. The fourth-order valence-electron chi connectivity index (χ4n) is 1.14. The summed E-state index contributed by atoms with van der Waals surface area (Å²) in [4.78, 5) is 22.0. The van der Waals surface area contributed by atoms with E-state index < -0.39 is 24.2 Å². The molecule has 0 aliphatic rings. The number of hydrogen-bond acceptors (Lipinski definition) is 4. The van der Waals surface area contributed by atoms with Gasteiger partial charge in [-0.3, -0.25) is 0 Å². The molecule has 6 nitrogen and oxygen atoms in total. The van der Waals surface area contributed by atoms with Gasteiger partial charge in [0.25, 0.3) is 0 Å². The smallest absolute Gasteiger partial charge is 0.413 e. The Labute approximate surface area is 97.8 Å². The first-order chi connectivity index (χ1) is 8.00. The number of hydrogen-bond donors (Lipinski definition) is 3. The highest BCUT2D eigenvalue weighted by Gasteiger charge is 2.25. The number of carbonyl (C=O) groups excluding carboxylic acids is 1. The van der Waals surface area contributed by atoms with Gasteiger partial charge in [-0.2, -0.15) is 0 Å². The van der Waals surface area contributed by atoms with Crippen LogP contribution in [0.5, 0.6) is 5.75 Å². The highest BCUT2D eigenvalue weighted by Crippen LogP contribution is 2.08. The third kappa shape index (κ3) is 4.12. The molecule has 0 saturated heterocycles. The van der Waals surface area contributed by atoms with Gasteiger partial charge in [-0.05, 0) is 19.1 Å². The van der Waals surface area contributed by atoms with Crippen LogP contribution in [0.2, 0.25) is 0 Å². The Hall–Kier alpha value is -2.08. The monoisotopic (exact) mass is 239 g/mol. The Balaban J connectivity index is 2.57. The van der Waals surface area contributed by atoms with Crippen LogP contribution in [0.1, 0.15) is 6.92 Å². The lowest BCUT2D eigenvalue weighted by Gasteiger charge is -2.16. The minimum Gasteiger partial charge on any atom is -0.480 e. The van der Waals surface area contributed by atoms with Gasteiger partial charge in [-0.15, -0.1) is 0 Å². The molecule has 1 aromatic carbocycles. The maximum absolute atomic E-state index is 11.3. The molecule has 0 spiro atoms. The average molecular weight is 239 g/mol. The molecule has 0 aromatic heterocycles. The number of ether oxygens (including phenoxy) is 1. The van der Waals surface area contributed by atoms with E-state index in [4.69, 9.17) is 14.9 Å². The topological polar surface area (TPSA) is 95.9 Å². The molecule has 1 rings (SSSR count). The van der Waals surface area contributed by atoms with E-state index in [0.29, 0.717) is 5.75 Å². The van der Waals surface area contributed by atoms with Crippen molar-refractivity contribution in [1.82, 2.24) is 5.32 Å². The maximum atomic E-state index is 11.3. The summed E-state index contributed by atoms with van der Waals surface area (Å²) in [6, 6.07) is 6.81. The molecule has 0 saturated carbocycles. The lowest BCUT2D eigenvalue weighted by Crippen LogP contribution is -2.48. The number of carboxylic acids is 1. The van der Waals surface area contributed by atoms with Crippen LogP contribution in [0.25, 0.3) is 0 Å². The van der Waals surface area contributed by atoms with Crippen LogP contribution in [0, 0.1) is 0 Å². The highest BCUT2D eigenvalue weighted by atomic mass is 16.6. The van der Waals surface area contributed by atoms with Crippen molar-refractivity contribution in [1.29, 1.82) is 0 Å². The zero-order valence-corrected chi connectivity index (χ0v) is 9.16. The third-order valence-corrected chi connectivity index (χ3v) is 1.98. The normalized spacial score (nSPS) is 13.5. The van der Waals surface area contributed by atoms with Gasteiger partial charge in [0.15, 0.2) is 6.04 Å². The van der Waals surface area contributed by atoms with E-state index in [0.717, 1.165) is 0 Å². The first kappa shape index (κ1) is 13.0. The molecule has 0 fully saturated rings. The van der Waals surface area contributed by atoms with Crippen molar-refractivity contribution in [3.05, 3.63) is 30.3 Å². The van der Waals surface area contributed by atoms with Crippen molar-refractivity contribution in [2.75, 3.05) is 0 Å². The summed E-state index contributed by atoms with van der Waals surface area (Å²) in [6.07, 6.45) is -2.14. The molecule has 0 heterocycles. The van der Waals surface area contributed by atoms with E-state index in [9.17, 15) is 9.59 Å². The molecule has 92 valence electrons. The van der Waals surface area contributed by atoms with Crippen molar-refractivity contribution < 1.29 is 24.5 Å². The number of benzene rings is 1. The number of nitrogens with one attached hydrogen (secondary N) is 1. The molecule has 2 atom stereocenters. The van der Waals surface area contributed by atoms with Crippen molar-refractivity contribution in [3.8, 4) is 5.75 Å². The number of aliphatic hydroxyl groups is 1. The first-order valence-electron chi connectivity index (χ1n) is 4.95. The quantitative estimate of drug-likeness (QED) is 0.715. The number of para-hydroxylation sites is 1. The summed E-state index contributed by atoms with van der Waals surface area (Å²) in [7, 11) is 0. The number of amides is 1. The summed E-state index contributed by atoms with van der Waals surface area (Å²) in [6.45, 7) is 1.27. The van der Waals surface area contributed by atoms with Crippen molar-refractivity contribution >= 4 is 12.1 Å². The summed E-state index contributed by atoms with van der Waals surface area (Å²) in [5.41, 5.74) is 0. The van der Waals surface area contributed by atoms with Crippen LogP contribution in [0.4, 0.5) is 4.79 Å². The van der Waals surface area contributed by atoms with E-state index in [1.165, 1.54) is 6.92 Å². The molecule has 0 aliphatic carbocycles. The van der Waals surface area contributed by atoms with Gasteiger partial charge >= 0.3 is 12.1 Å². The molecule has 1 aromatic rings. The fourth-order valence-corrected chi connectivity index (χ4v) is 1.14. The van der Waals surface area contributed by atoms with Gasteiger partial charge in [-0.25, -0.2) is 9.59 Å². The molecule has 3 N–H and O–H groups in total. The van der Waals surface area contributed by atoms with Crippen LogP contribution in [0.3, 0.4) is 0 Å². The standard InChI is InChI=1S/C11H13NO5/c1-7(13)9(10(14)15)12-11(16)17-8-5-3-2-4-6-8/h2-7,9,13H,1H3,(H,12,16)(H,14,15)/t7-,9+/m1/s1. The molecular weight excluding hydrogens is 226 g/mol. The second-order valence-corrected chi connectivity index (χ2v) is 3.40. The van der Waals surface area contributed by atoms with Crippen molar-refractivity contribution in [2.45, 2.75) is 19.1 Å². The van der Waals surface area contributed by atoms with Crippen LogP contribution in [-0.2, 0) is 4.79 Å². The molecule has 0 unspecified atom stereocenters. The van der Waals surface area contributed by atoms with Crippen LogP contribution < -0.4 is 10.1 Å². The minimum atomic E-state index is -1.40. The molecule has 6 heteroatoms. The fraction of sp³-hybridized carbons (Fsp3) is 0.273. The lowest BCUT2D eigenvalue weighted by atomic mass is 10.2. The highest BCUT2D eigenvalue weighted by molar-refractivity contribution is 5.81. The van der Waals surface area contributed by atoms with E-state index >= 15 is 0 Å². The first-order valence-corrected chi connectivity index (χ1v) is 4.95. The summed E-state index contributed by atoms with van der Waals surface area (Å²) in [5.74, 6) is -1.04. The number of aliphatic carboxylic acids is 1. The van der Waals surface area contributed by atoms with Gasteiger partial charge in [0.2, 0.25) is 0 Å². The molecule has 0 radical (unpaired) electrons. The molecule has 0 bridgehead atoms. The SMILES string of the molecule is C[C@@H](O)[C@H](NC(=O)Oc1ccccc1)C(=O)O. The van der Waals surface area contributed by atoms with Crippen molar-refractivity contribution in [2.24, 2.45) is 0 Å². The zero-order valence-electron chi connectivity index (χ0n) is 9.16. The van der Waals surface area contributed by atoms with Crippen molar-refractivity contribution in [3.63, 3.8) is 0 Å².